The molecular formula is C12H16ClN3O3. The summed E-state index contributed by atoms with van der Waals surface area (Å²) in [6.45, 7) is 5.50. The number of nitrogens with one attached hydrogen (secondary N) is 1. The second-order valence-corrected chi connectivity index (χ2v) is 5.66. The molecule has 0 saturated heterocycles. The zero-order valence-electron chi connectivity index (χ0n) is 10.9. The first-order valence-corrected chi connectivity index (χ1v) is 6.01. The normalized spacial score (nSPS) is 12.9. The summed E-state index contributed by atoms with van der Waals surface area (Å²) >= 11 is 5.68. The van der Waals surface area contributed by atoms with Crippen LogP contribution in [0.3, 0.4) is 0 Å². The molecular weight excluding hydrogens is 270 g/mol. The van der Waals surface area contributed by atoms with Gasteiger partial charge in [0.05, 0.1) is 11.0 Å². The molecule has 0 bridgehead atoms. The van der Waals surface area contributed by atoms with Gasteiger partial charge in [-0.25, -0.2) is 0 Å². The van der Waals surface area contributed by atoms with Gasteiger partial charge in [0.15, 0.2) is 0 Å². The van der Waals surface area contributed by atoms with Crippen molar-refractivity contribution in [2.75, 3.05) is 5.32 Å². The molecule has 7 heteroatoms. The Morgan fingerprint density at radius 1 is 1.47 bits per heavy atom. The third-order valence-electron chi connectivity index (χ3n) is 2.63. The number of benzene rings is 1. The molecule has 1 aromatic rings. The molecule has 3 N–H and O–H groups in total. The maximum atomic E-state index is 11.9. The van der Waals surface area contributed by atoms with Crippen LogP contribution in [-0.4, -0.2) is 16.9 Å². The molecule has 0 saturated carbocycles. The van der Waals surface area contributed by atoms with Gasteiger partial charge in [-0.3, -0.25) is 14.9 Å². The first-order chi connectivity index (χ1) is 8.62. The van der Waals surface area contributed by atoms with Gasteiger partial charge >= 0.3 is 0 Å². The van der Waals surface area contributed by atoms with Gasteiger partial charge in [-0.15, -0.1) is 0 Å². The Labute approximate surface area is 116 Å². The molecule has 0 aliphatic carbocycles. The molecule has 1 rings (SSSR count). The summed E-state index contributed by atoms with van der Waals surface area (Å²) in [4.78, 5) is 22.0. The summed E-state index contributed by atoms with van der Waals surface area (Å²) in [5.41, 5.74) is 5.43. The van der Waals surface area contributed by atoms with Crippen molar-refractivity contribution in [3.63, 3.8) is 0 Å². The van der Waals surface area contributed by atoms with E-state index < -0.39 is 22.3 Å². The number of rotatable bonds is 3. The zero-order valence-corrected chi connectivity index (χ0v) is 11.7. The second-order valence-electron chi connectivity index (χ2n) is 5.26. The van der Waals surface area contributed by atoms with Crippen molar-refractivity contribution in [2.45, 2.75) is 26.8 Å². The van der Waals surface area contributed by atoms with Crippen LogP contribution in [0.25, 0.3) is 0 Å². The molecule has 1 atom stereocenters. The number of nitrogens with two attached hydrogens (primary N) is 1. The smallest absolute Gasteiger partial charge is 0.289 e. The van der Waals surface area contributed by atoms with Crippen LogP contribution < -0.4 is 11.1 Å². The highest BCUT2D eigenvalue weighted by molar-refractivity contribution is 6.32. The number of halogens is 1. The van der Waals surface area contributed by atoms with E-state index in [1.165, 1.54) is 18.2 Å². The minimum absolute atomic E-state index is 0.0168. The predicted molar refractivity (Wildman–Crippen MR) is 74.2 cm³/mol. The number of nitro benzene ring substituents is 1. The maximum absolute atomic E-state index is 11.9. The topological polar surface area (TPSA) is 98.3 Å². The standard InChI is InChI=1S/C12H16ClN3O3/c1-12(2,3)10(14)11(17)15-7-4-5-8(13)9(6-7)16(18)19/h4-6,10H,14H2,1-3H3,(H,15,17)/t10-/m1/s1. The fraction of sp³-hybridized carbons (Fsp3) is 0.417. The lowest BCUT2D eigenvalue weighted by Gasteiger charge is -2.25. The average Bonchev–Trinajstić information content (AvgIpc) is 2.29. The summed E-state index contributed by atoms with van der Waals surface area (Å²) in [5, 5.41) is 13.3. The third-order valence-corrected chi connectivity index (χ3v) is 2.95. The largest absolute Gasteiger partial charge is 0.324 e. The van der Waals surface area contributed by atoms with E-state index in [9.17, 15) is 14.9 Å². The van der Waals surface area contributed by atoms with Crippen molar-refractivity contribution >= 4 is 28.9 Å². The SMILES string of the molecule is CC(C)(C)[C@H](N)C(=O)Nc1ccc(Cl)c([N+](=O)[O-])c1. The molecule has 1 amide bonds. The maximum Gasteiger partial charge on any atom is 0.289 e. The first-order valence-electron chi connectivity index (χ1n) is 5.63. The minimum atomic E-state index is -0.720. The zero-order chi connectivity index (χ0) is 14.8. The van der Waals surface area contributed by atoms with Gasteiger partial charge in [-0.05, 0) is 17.5 Å². The Morgan fingerprint density at radius 3 is 2.53 bits per heavy atom. The summed E-state index contributed by atoms with van der Waals surface area (Å²) in [7, 11) is 0. The number of nitro groups is 1. The van der Waals surface area contributed by atoms with Gasteiger partial charge in [-0.2, -0.15) is 0 Å². The average molecular weight is 286 g/mol. The molecule has 0 heterocycles. The molecule has 6 nitrogen and oxygen atoms in total. The van der Waals surface area contributed by atoms with Crippen molar-refractivity contribution in [3.8, 4) is 0 Å². The van der Waals surface area contributed by atoms with Crippen LogP contribution in [0.15, 0.2) is 18.2 Å². The van der Waals surface area contributed by atoms with Crippen LogP contribution in [0.2, 0.25) is 5.02 Å². The Balaban J connectivity index is 2.92. The molecule has 0 aliphatic rings. The number of carbonyl (C=O) groups excluding carboxylic acids is 1. The summed E-state index contributed by atoms with van der Waals surface area (Å²) in [6.07, 6.45) is 0. The number of nitrogens with zero attached hydrogens (tertiary/aromatic N) is 1. The van der Waals surface area contributed by atoms with Crippen LogP contribution in [0.4, 0.5) is 11.4 Å². The van der Waals surface area contributed by atoms with Crippen molar-refractivity contribution in [2.24, 2.45) is 11.1 Å². The number of anilines is 1. The number of carbonyl (C=O) groups is 1. The second kappa shape index (κ2) is 5.54. The first kappa shape index (κ1) is 15.4. The Bertz CT molecular complexity index is 511. The molecule has 0 unspecified atom stereocenters. The Hall–Kier alpha value is -1.66. The summed E-state index contributed by atoms with van der Waals surface area (Å²) < 4.78 is 0. The highest BCUT2D eigenvalue weighted by atomic mass is 35.5. The van der Waals surface area contributed by atoms with E-state index in [1.54, 1.807) is 0 Å². The van der Waals surface area contributed by atoms with Gasteiger partial charge in [0.2, 0.25) is 5.91 Å². The summed E-state index contributed by atoms with van der Waals surface area (Å²) in [6, 6.07) is 3.33. The van der Waals surface area contributed by atoms with E-state index in [4.69, 9.17) is 17.3 Å². The van der Waals surface area contributed by atoms with Gasteiger partial charge in [0.1, 0.15) is 5.02 Å². The van der Waals surface area contributed by atoms with E-state index in [0.29, 0.717) is 5.69 Å². The lowest BCUT2D eigenvalue weighted by molar-refractivity contribution is -0.384. The van der Waals surface area contributed by atoms with Crippen LogP contribution in [-0.2, 0) is 4.79 Å². The van der Waals surface area contributed by atoms with Crippen molar-refractivity contribution in [3.05, 3.63) is 33.3 Å². The lowest BCUT2D eigenvalue weighted by Crippen LogP contribution is -2.45. The molecule has 19 heavy (non-hydrogen) atoms. The number of amides is 1. The monoisotopic (exact) mass is 285 g/mol. The molecule has 0 aromatic heterocycles. The fourth-order valence-electron chi connectivity index (χ4n) is 1.34. The van der Waals surface area contributed by atoms with E-state index in [0.717, 1.165) is 0 Å². The van der Waals surface area contributed by atoms with Crippen LogP contribution in [0, 0.1) is 15.5 Å². The quantitative estimate of drug-likeness (QED) is 0.658. The number of hydrogen-bond donors (Lipinski definition) is 2. The van der Waals surface area contributed by atoms with E-state index >= 15 is 0 Å². The van der Waals surface area contributed by atoms with Crippen molar-refractivity contribution in [1.82, 2.24) is 0 Å². The van der Waals surface area contributed by atoms with Gasteiger partial charge in [0, 0.05) is 11.8 Å². The van der Waals surface area contributed by atoms with Gasteiger partial charge in [-0.1, -0.05) is 32.4 Å². The van der Waals surface area contributed by atoms with Crippen molar-refractivity contribution < 1.29 is 9.72 Å². The molecule has 0 aliphatic heterocycles. The highest BCUT2D eigenvalue weighted by Crippen LogP contribution is 2.28. The summed E-state index contributed by atoms with van der Waals surface area (Å²) in [5.74, 6) is -0.399. The van der Waals surface area contributed by atoms with Crippen LogP contribution >= 0.6 is 11.6 Å². The lowest BCUT2D eigenvalue weighted by atomic mass is 9.87. The molecule has 0 fully saturated rings. The number of hydrogen-bond acceptors (Lipinski definition) is 4. The van der Waals surface area contributed by atoms with Crippen LogP contribution in [0.1, 0.15) is 20.8 Å². The third kappa shape index (κ3) is 3.90. The van der Waals surface area contributed by atoms with E-state index in [2.05, 4.69) is 5.32 Å². The van der Waals surface area contributed by atoms with E-state index in [1.807, 2.05) is 20.8 Å². The minimum Gasteiger partial charge on any atom is -0.324 e. The molecule has 0 radical (unpaired) electrons. The molecule has 104 valence electrons. The fourth-order valence-corrected chi connectivity index (χ4v) is 1.53. The Morgan fingerprint density at radius 2 is 2.05 bits per heavy atom. The van der Waals surface area contributed by atoms with Gasteiger partial charge < -0.3 is 11.1 Å². The predicted octanol–water partition coefficient (Wildman–Crippen LogP) is 2.56. The van der Waals surface area contributed by atoms with Crippen molar-refractivity contribution in [1.29, 1.82) is 0 Å². The molecule has 1 aromatic carbocycles. The highest BCUT2D eigenvalue weighted by Gasteiger charge is 2.27. The molecule has 0 spiro atoms. The van der Waals surface area contributed by atoms with E-state index in [-0.39, 0.29) is 10.7 Å². The Kier molecular flexibility index (Phi) is 4.49. The van der Waals surface area contributed by atoms with Gasteiger partial charge in [0.25, 0.3) is 5.69 Å². The van der Waals surface area contributed by atoms with Crippen LogP contribution in [0.5, 0.6) is 0 Å².